The average Bonchev–Trinajstić information content (AvgIpc) is 3.13. The number of amides is 1. The van der Waals surface area contributed by atoms with Crippen LogP contribution in [0.2, 0.25) is 0 Å². The van der Waals surface area contributed by atoms with Crippen LogP contribution in [0.1, 0.15) is 17.0 Å². The van der Waals surface area contributed by atoms with Crippen LogP contribution < -0.4 is 15.5 Å². The van der Waals surface area contributed by atoms with Crippen molar-refractivity contribution in [3.8, 4) is 16.9 Å². The van der Waals surface area contributed by atoms with Crippen LogP contribution in [0.3, 0.4) is 0 Å². The molecule has 0 aliphatic heterocycles. The van der Waals surface area contributed by atoms with E-state index in [4.69, 9.17) is 4.74 Å². The highest BCUT2D eigenvalue weighted by atomic mass is 19.4. The number of ether oxygens (including phenoxy) is 2. The van der Waals surface area contributed by atoms with Crippen molar-refractivity contribution in [2.45, 2.75) is 12.3 Å². The van der Waals surface area contributed by atoms with Crippen LogP contribution in [-0.2, 0) is 4.74 Å². The minimum absolute atomic E-state index is 0.0505. The molecule has 0 bridgehead atoms. The van der Waals surface area contributed by atoms with E-state index in [1.54, 1.807) is 0 Å². The second kappa shape index (κ2) is 8.26. The summed E-state index contributed by atoms with van der Waals surface area (Å²) >= 11 is 0. The Morgan fingerprint density at radius 1 is 0.941 bits per heavy atom. The summed E-state index contributed by atoms with van der Waals surface area (Å²) in [6.45, 7) is 0.0505. The van der Waals surface area contributed by atoms with E-state index in [0.717, 1.165) is 34.5 Å². The van der Waals surface area contributed by atoms with Gasteiger partial charge in [-0.05, 0) is 34.4 Å². The van der Waals surface area contributed by atoms with E-state index < -0.39 is 23.6 Å². The topological polar surface area (TPSA) is 80.4 Å². The third kappa shape index (κ3) is 3.96. The number of benzene rings is 3. The molecule has 0 saturated heterocycles. The number of hydrogen-bond acceptors (Lipinski definition) is 4. The Kier molecular flexibility index (Phi) is 5.24. The van der Waals surface area contributed by atoms with Crippen molar-refractivity contribution in [3.05, 3.63) is 94.3 Å². The highest BCUT2D eigenvalue weighted by Gasteiger charge is 2.32. The van der Waals surface area contributed by atoms with Crippen molar-refractivity contribution in [2.75, 3.05) is 11.9 Å². The van der Waals surface area contributed by atoms with Crippen molar-refractivity contribution < 1.29 is 27.4 Å². The van der Waals surface area contributed by atoms with E-state index >= 15 is 0 Å². The Balaban J connectivity index is 1.34. The van der Waals surface area contributed by atoms with Crippen molar-refractivity contribution in [3.63, 3.8) is 0 Å². The van der Waals surface area contributed by atoms with Crippen molar-refractivity contribution in [1.82, 2.24) is 4.98 Å². The molecule has 0 spiro atoms. The number of anilines is 1. The molecule has 1 aliphatic carbocycles. The zero-order chi connectivity index (χ0) is 23.9. The molecule has 0 radical (unpaired) electrons. The first kappa shape index (κ1) is 21.6. The number of carbonyl (C=O) groups excluding carboxylic acids is 1. The summed E-state index contributed by atoms with van der Waals surface area (Å²) in [5, 5.41) is 2.30. The van der Waals surface area contributed by atoms with Gasteiger partial charge in [-0.1, -0.05) is 54.6 Å². The minimum Gasteiger partial charge on any atom is -0.448 e. The smallest absolute Gasteiger partial charge is 0.448 e. The molecule has 5 rings (SSSR count). The predicted octanol–water partition coefficient (Wildman–Crippen LogP) is 5.79. The number of nitrogens with one attached hydrogen (secondary N) is 2. The molecule has 9 heteroatoms. The van der Waals surface area contributed by atoms with E-state index in [2.05, 4.69) is 15.0 Å². The number of halogens is 3. The van der Waals surface area contributed by atoms with Crippen LogP contribution in [0, 0.1) is 0 Å². The zero-order valence-electron chi connectivity index (χ0n) is 17.5. The Bertz CT molecular complexity index is 1420. The molecule has 1 heterocycles. The number of fused-ring (bicyclic) bond motifs is 4. The molecule has 34 heavy (non-hydrogen) atoms. The quantitative estimate of drug-likeness (QED) is 0.399. The van der Waals surface area contributed by atoms with Gasteiger partial charge in [0.2, 0.25) is 5.43 Å². The molecule has 0 unspecified atom stereocenters. The van der Waals surface area contributed by atoms with Crippen LogP contribution >= 0.6 is 0 Å². The number of H-pyrrole nitrogens is 1. The van der Waals surface area contributed by atoms with Gasteiger partial charge in [-0.3, -0.25) is 10.1 Å². The number of carbonyl (C=O) groups is 1. The maximum absolute atomic E-state index is 12.7. The number of aromatic nitrogens is 1. The lowest BCUT2D eigenvalue weighted by atomic mass is 9.98. The molecular formula is C25H17F3N2O4. The van der Waals surface area contributed by atoms with Crippen LogP contribution in [0.15, 0.2) is 77.7 Å². The lowest BCUT2D eigenvalue weighted by Crippen LogP contribution is -2.22. The fourth-order valence-electron chi connectivity index (χ4n) is 4.27. The molecule has 2 N–H and O–H groups in total. The fourth-order valence-corrected chi connectivity index (χ4v) is 4.27. The predicted molar refractivity (Wildman–Crippen MR) is 120 cm³/mol. The normalized spacial score (nSPS) is 12.8. The maximum Gasteiger partial charge on any atom is 0.573 e. The summed E-state index contributed by atoms with van der Waals surface area (Å²) in [4.78, 5) is 27.8. The molecule has 3 aromatic carbocycles. The number of para-hydroxylation sites is 1. The summed E-state index contributed by atoms with van der Waals surface area (Å²) in [5.74, 6) is -0.704. The molecule has 4 aromatic rings. The van der Waals surface area contributed by atoms with E-state index in [-0.39, 0.29) is 29.1 Å². The van der Waals surface area contributed by atoms with E-state index in [1.807, 2.05) is 48.5 Å². The molecule has 0 atom stereocenters. The van der Waals surface area contributed by atoms with Gasteiger partial charge >= 0.3 is 12.5 Å². The molecule has 0 fully saturated rings. The standard InChI is InChI=1S/C25H17F3N2O4/c26-25(27,28)34-21-11-5-10-18-22(21)29-12-20(23(18)31)30-24(32)33-13-19-16-8-3-1-6-14(16)15-7-2-4-9-17(15)19/h1-12,19H,13H2,(H,29,31)(H,30,32). The molecule has 1 aliphatic rings. The van der Waals surface area contributed by atoms with Gasteiger partial charge in [-0.25, -0.2) is 4.79 Å². The molecule has 0 saturated carbocycles. The largest absolute Gasteiger partial charge is 0.573 e. The lowest BCUT2D eigenvalue weighted by Gasteiger charge is -2.15. The second-order valence-corrected chi connectivity index (χ2v) is 7.71. The second-order valence-electron chi connectivity index (χ2n) is 7.71. The van der Waals surface area contributed by atoms with Crippen LogP contribution in [0.4, 0.5) is 23.7 Å². The van der Waals surface area contributed by atoms with E-state index in [0.29, 0.717) is 0 Å². The number of rotatable bonds is 4. The first-order valence-electron chi connectivity index (χ1n) is 10.3. The van der Waals surface area contributed by atoms with Gasteiger partial charge < -0.3 is 14.5 Å². The van der Waals surface area contributed by atoms with Gasteiger partial charge in [0.25, 0.3) is 0 Å². The Hall–Kier alpha value is -4.27. The summed E-state index contributed by atoms with van der Waals surface area (Å²) in [5.41, 5.74) is 3.27. The van der Waals surface area contributed by atoms with Crippen LogP contribution in [0.25, 0.3) is 22.0 Å². The summed E-state index contributed by atoms with van der Waals surface area (Å²) in [6.07, 6.45) is -4.66. The van der Waals surface area contributed by atoms with Gasteiger partial charge in [-0.15, -0.1) is 13.2 Å². The fraction of sp³-hybridized carbons (Fsp3) is 0.120. The van der Waals surface area contributed by atoms with Crippen molar-refractivity contribution in [1.29, 1.82) is 0 Å². The number of alkyl halides is 3. The first-order chi connectivity index (χ1) is 16.3. The van der Waals surface area contributed by atoms with Crippen molar-refractivity contribution in [2.24, 2.45) is 0 Å². The van der Waals surface area contributed by atoms with Crippen LogP contribution in [-0.4, -0.2) is 24.0 Å². The monoisotopic (exact) mass is 466 g/mol. The Labute approximate surface area is 190 Å². The summed E-state index contributed by atoms with van der Waals surface area (Å²) in [7, 11) is 0. The SMILES string of the molecule is O=C(Nc1c[nH]c2c(OC(F)(F)F)cccc2c1=O)OCC1c2ccccc2-c2ccccc21. The number of pyridine rings is 1. The Morgan fingerprint density at radius 2 is 1.59 bits per heavy atom. The number of aromatic amines is 1. The van der Waals surface area contributed by atoms with E-state index in [1.165, 1.54) is 12.1 Å². The summed E-state index contributed by atoms with van der Waals surface area (Å²) in [6, 6.07) is 19.4. The van der Waals surface area contributed by atoms with Crippen molar-refractivity contribution >= 4 is 22.7 Å². The third-order valence-electron chi connectivity index (χ3n) is 5.68. The zero-order valence-corrected chi connectivity index (χ0v) is 17.5. The molecule has 6 nitrogen and oxygen atoms in total. The maximum atomic E-state index is 12.7. The minimum atomic E-state index is -4.91. The summed E-state index contributed by atoms with van der Waals surface area (Å²) < 4.78 is 47.3. The molecular weight excluding hydrogens is 449 g/mol. The molecule has 1 amide bonds. The van der Waals surface area contributed by atoms with E-state index in [9.17, 15) is 22.8 Å². The van der Waals surface area contributed by atoms with Crippen LogP contribution in [0.5, 0.6) is 5.75 Å². The van der Waals surface area contributed by atoms with Gasteiger partial charge in [0.05, 0.1) is 10.9 Å². The first-order valence-corrected chi connectivity index (χ1v) is 10.3. The third-order valence-corrected chi connectivity index (χ3v) is 5.68. The highest BCUT2D eigenvalue weighted by molar-refractivity contribution is 5.91. The highest BCUT2D eigenvalue weighted by Crippen LogP contribution is 2.44. The average molecular weight is 466 g/mol. The van der Waals surface area contributed by atoms with Gasteiger partial charge in [0, 0.05) is 12.1 Å². The van der Waals surface area contributed by atoms with Gasteiger partial charge in [-0.2, -0.15) is 0 Å². The molecule has 172 valence electrons. The van der Waals surface area contributed by atoms with Gasteiger partial charge in [0.15, 0.2) is 5.75 Å². The van der Waals surface area contributed by atoms with Gasteiger partial charge in [0.1, 0.15) is 12.3 Å². The lowest BCUT2D eigenvalue weighted by molar-refractivity contribution is -0.274. The number of hydrogen-bond donors (Lipinski definition) is 2. The molecule has 1 aromatic heterocycles. The Morgan fingerprint density at radius 3 is 2.24 bits per heavy atom.